The molecule has 2 rings (SSSR count). The summed E-state index contributed by atoms with van der Waals surface area (Å²) in [5, 5.41) is 9.14. The molecule has 0 aliphatic carbocycles. The van der Waals surface area contributed by atoms with E-state index < -0.39 is 5.97 Å². The Morgan fingerprint density at radius 2 is 2.24 bits per heavy atom. The molecule has 0 aromatic heterocycles. The molecule has 5 heteroatoms. The largest absolute Gasteiger partial charge is 0.491 e. The van der Waals surface area contributed by atoms with E-state index in [9.17, 15) is 9.18 Å². The van der Waals surface area contributed by atoms with Gasteiger partial charge < -0.3 is 9.84 Å². The molecule has 2 atom stereocenters. The third kappa shape index (κ3) is 3.94. The quantitative estimate of drug-likeness (QED) is 0.907. The van der Waals surface area contributed by atoms with Gasteiger partial charge >= 0.3 is 5.97 Å². The van der Waals surface area contributed by atoms with Crippen LogP contribution in [0, 0.1) is 11.7 Å². The first-order chi connectivity index (χ1) is 10.0. The van der Waals surface area contributed by atoms with Crippen molar-refractivity contribution in [1.29, 1.82) is 0 Å². The summed E-state index contributed by atoms with van der Waals surface area (Å²) in [6.45, 7) is 5.41. The van der Waals surface area contributed by atoms with Crippen LogP contribution in [0.25, 0.3) is 0 Å². The lowest BCUT2D eigenvalue weighted by molar-refractivity contribution is -0.144. The van der Waals surface area contributed by atoms with Crippen LogP contribution in [0.15, 0.2) is 18.2 Å². The number of halogens is 1. The second-order valence-corrected chi connectivity index (χ2v) is 5.59. The molecule has 1 heterocycles. The lowest BCUT2D eigenvalue weighted by Gasteiger charge is -2.36. The molecule has 0 spiro atoms. The van der Waals surface area contributed by atoms with Crippen molar-refractivity contribution in [1.82, 2.24) is 4.90 Å². The van der Waals surface area contributed by atoms with Crippen LogP contribution in [0.4, 0.5) is 4.39 Å². The molecule has 0 amide bonds. The van der Waals surface area contributed by atoms with Gasteiger partial charge in [0.05, 0.1) is 12.5 Å². The van der Waals surface area contributed by atoms with Gasteiger partial charge in [-0.2, -0.15) is 0 Å². The van der Waals surface area contributed by atoms with Gasteiger partial charge in [0.1, 0.15) is 0 Å². The highest BCUT2D eigenvalue weighted by Crippen LogP contribution is 2.25. The number of carboxylic acid groups (broad SMARTS) is 1. The Morgan fingerprint density at radius 1 is 1.48 bits per heavy atom. The maximum atomic E-state index is 13.9. The molecule has 1 saturated heterocycles. The molecular formula is C16H22FNO3. The molecule has 1 N–H and O–H groups in total. The normalized spacial score (nSPS) is 23.0. The molecule has 1 aromatic rings. The molecule has 1 aliphatic heterocycles. The van der Waals surface area contributed by atoms with Gasteiger partial charge in [-0.05, 0) is 44.4 Å². The number of carboxylic acids is 1. The lowest BCUT2D eigenvalue weighted by atomic mass is 9.93. The molecule has 21 heavy (non-hydrogen) atoms. The number of carbonyl (C=O) groups is 1. The van der Waals surface area contributed by atoms with E-state index in [1.165, 1.54) is 6.07 Å². The van der Waals surface area contributed by atoms with Crippen molar-refractivity contribution < 1.29 is 19.0 Å². The summed E-state index contributed by atoms with van der Waals surface area (Å²) in [5.74, 6) is -1.18. The number of benzene rings is 1. The smallest absolute Gasteiger partial charge is 0.307 e. The third-order valence-electron chi connectivity index (χ3n) is 4.04. The van der Waals surface area contributed by atoms with Gasteiger partial charge in [0.25, 0.3) is 0 Å². The lowest BCUT2D eigenvalue weighted by Crippen LogP contribution is -2.43. The Hall–Kier alpha value is -1.62. The summed E-state index contributed by atoms with van der Waals surface area (Å²) in [6, 6.07) is 5.26. The molecule has 1 aromatic carbocycles. The number of ether oxygens (including phenoxy) is 1. The fourth-order valence-corrected chi connectivity index (χ4v) is 2.75. The van der Waals surface area contributed by atoms with E-state index in [4.69, 9.17) is 9.84 Å². The molecule has 0 bridgehead atoms. The van der Waals surface area contributed by atoms with Gasteiger partial charge in [0.15, 0.2) is 11.6 Å². The van der Waals surface area contributed by atoms with Crippen LogP contribution in [0.1, 0.15) is 32.3 Å². The topological polar surface area (TPSA) is 49.8 Å². The van der Waals surface area contributed by atoms with Crippen molar-refractivity contribution in [3.8, 4) is 5.75 Å². The first-order valence-electron chi connectivity index (χ1n) is 7.39. The Balaban J connectivity index is 2.05. The van der Waals surface area contributed by atoms with Crippen LogP contribution in [0.3, 0.4) is 0 Å². The van der Waals surface area contributed by atoms with Crippen molar-refractivity contribution in [2.75, 3.05) is 13.2 Å². The van der Waals surface area contributed by atoms with Crippen LogP contribution in [-0.4, -0.2) is 35.2 Å². The van der Waals surface area contributed by atoms with E-state index in [0.29, 0.717) is 32.2 Å². The van der Waals surface area contributed by atoms with Crippen LogP contribution in [0.2, 0.25) is 0 Å². The van der Waals surface area contributed by atoms with Gasteiger partial charge in [-0.15, -0.1) is 0 Å². The number of rotatable bonds is 5. The molecule has 1 aliphatic rings. The predicted molar refractivity (Wildman–Crippen MR) is 77.8 cm³/mol. The molecule has 1 fully saturated rings. The number of hydrogen-bond donors (Lipinski definition) is 1. The van der Waals surface area contributed by atoms with E-state index in [-0.39, 0.29) is 17.5 Å². The third-order valence-corrected chi connectivity index (χ3v) is 4.04. The van der Waals surface area contributed by atoms with Gasteiger partial charge in [-0.1, -0.05) is 6.07 Å². The first-order valence-corrected chi connectivity index (χ1v) is 7.39. The van der Waals surface area contributed by atoms with E-state index in [2.05, 4.69) is 11.8 Å². The minimum Gasteiger partial charge on any atom is -0.491 e. The summed E-state index contributed by atoms with van der Waals surface area (Å²) in [6.07, 6.45) is 1.57. The second-order valence-electron chi connectivity index (χ2n) is 5.59. The number of aliphatic carboxylic acids is 1. The van der Waals surface area contributed by atoms with Crippen LogP contribution < -0.4 is 4.74 Å². The molecule has 4 nitrogen and oxygen atoms in total. The summed E-state index contributed by atoms with van der Waals surface area (Å²) in [7, 11) is 0. The predicted octanol–water partition coefficient (Wildman–Crippen LogP) is 2.91. The summed E-state index contributed by atoms with van der Waals surface area (Å²) >= 11 is 0. The van der Waals surface area contributed by atoms with Crippen molar-refractivity contribution in [2.45, 2.75) is 39.3 Å². The van der Waals surface area contributed by atoms with Crippen LogP contribution >= 0.6 is 0 Å². The Bertz CT molecular complexity index is 506. The van der Waals surface area contributed by atoms with Crippen LogP contribution in [0.5, 0.6) is 5.75 Å². The van der Waals surface area contributed by atoms with Crippen molar-refractivity contribution in [3.63, 3.8) is 0 Å². The minimum atomic E-state index is -0.746. The van der Waals surface area contributed by atoms with E-state index in [1.807, 2.05) is 13.0 Å². The van der Waals surface area contributed by atoms with Gasteiger partial charge in [0, 0.05) is 19.1 Å². The van der Waals surface area contributed by atoms with Crippen molar-refractivity contribution in [3.05, 3.63) is 29.6 Å². The Labute approximate surface area is 124 Å². The summed E-state index contributed by atoms with van der Waals surface area (Å²) < 4.78 is 19.0. The Morgan fingerprint density at radius 3 is 2.86 bits per heavy atom. The molecular weight excluding hydrogens is 273 g/mol. The summed E-state index contributed by atoms with van der Waals surface area (Å²) in [4.78, 5) is 13.2. The molecule has 0 radical (unpaired) electrons. The maximum Gasteiger partial charge on any atom is 0.307 e. The number of hydrogen-bond acceptors (Lipinski definition) is 3. The highest BCUT2D eigenvalue weighted by molar-refractivity contribution is 5.70. The average Bonchev–Trinajstić information content (AvgIpc) is 2.44. The molecule has 2 unspecified atom stereocenters. The van der Waals surface area contributed by atoms with E-state index in [1.54, 1.807) is 6.07 Å². The zero-order valence-corrected chi connectivity index (χ0v) is 12.5. The van der Waals surface area contributed by atoms with Gasteiger partial charge in [-0.3, -0.25) is 9.69 Å². The average molecular weight is 295 g/mol. The van der Waals surface area contributed by atoms with E-state index >= 15 is 0 Å². The van der Waals surface area contributed by atoms with Crippen molar-refractivity contribution in [2.24, 2.45) is 5.92 Å². The summed E-state index contributed by atoms with van der Waals surface area (Å²) in [5.41, 5.74) is 0.842. The second kappa shape index (κ2) is 6.89. The fourth-order valence-electron chi connectivity index (χ4n) is 2.75. The monoisotopic (exact) mass is 295 g/mol. The number of piperidine rings is 1. The zero-order valence-electron chi connectivity index (χ0n) is 12.5. The standard InChI is InChI=1S/C16H22FNO3/c1-3-21-15-7-5-12(8-14(15)17)9-18-10-13(16(19)20)6-4-11(18)2/h5,7-8,11,13H,3-4,6,9-10H2,1-2H3,(H,19,20). The van der Waals surface area contributed by atoms with Crippen LogP contribution in [-0.2, 0) is 11.3 Å². The van der Waals surface area contributed by atoms with Gasteiger partial charge in [0.2, 0.25) is 0 Å². The SMILES string of the molecule is CCOc1ccc(CN2CC(C(=O)O)CCC2C)cc1F. The first kappa shape index (κ1) is 15.8. The van der Waals surface area contributed by atoms with Crippen molar-refractivity contribution >= 4 is 5.97 Å². The van der Waals surface area contributed by atoms with E-state index in [0.717, 1.165) is 12.0 Å². The van der Waals surface area contributed by atoms with Gasteiger partial charge in [-0.25, -0.2) is 4.39 Å². The highest BCUT2D eigenvalue weighted by atomic mass is 19.1. The minimum absolute atomic E-state index is 0.261. The maximum absolute atomic E-state index is 13.9. The molecule has 116 valence electrons. The fraction of sp³-hybridized carbons (Fsp3) is 0.562. The highest BCUT2D eigenvalue weighted by Gasteiger charge is 2.29. The zero-order chi connectivity index (χ0) is 15.4. The Kier molecular flexibility index (Phi) is 5.17. The number of likely N-dealkylation sites (tertiary alicyclic amines) is 1. The molecule has 0 saturated carbocycles. The number of nitrogens with zero attached hydrogens (tertiary/aromatic N) is 1.